The molecule has 1 aliphatic heterocycles. The lowest BCUT2D eigenvalue weighted by Gasteiger charge is -2.26. The van der Waals surface area contributed by atoms with Crippen LogP contribution in [-0.2, 0) is 16.5 Å². The average molecular weight is 537 g/mol. The fourth-order valence-corrected chi connectivity index (χ4v) is 3.93. The lowest BCUT2D eigenvalue weighted by Crippen LogP contribution is -2.42. The number of carbonyl (C=O) groups is 2. The molecule has 0 bridgehead atoms. The Morgan fingerprint density at radius 2 is 2.05 bits per heavy atom. The van der Waals surface area contributed by atoms with Crippen molar-refractivity contribution in [3.05, 3.63) is 54.7 Å². The summed E-state index contributed by atoms with van der Waals surface area (Å²) >= 11 is 0. The van der Waals surface area contributed by atoms with E-state index in [1.54, 1.807) is 52.1 Å². The Morgan fingerprint density at radius 1 is 1.23 bits per heavy atom. The monoisotopic (exact) mass is 536 g/mol. The molecule has 0 aliphatic carbocycles. The van der Waals surface area contributed by atoms with Gasteiger partial charge in [-0.2, -0.15) is 4.80 Å². The minimum Gasteiger partial charge on any atom is -0.443 e. The molecule has 1 saturated heterocycles. The molecule has 1 atom stereocenters. The maximum Gasteiger partial charge on any atom is 0.416 e. The highest BCUT2D eigenvalue weighted by atomic mass is 19.1. The Kier molecular flexibility index (Phi) is 6.68. The third-order valence-corrected chi connectivity index (χ3v) is 5.65. The number of hydrogen-bond donors (Lipinski definition) is 0. The van der Waals surface area contributed by atoms with Crippen molar-refractivity contribution in [1.82, 2.24) is 30.3 Å². The van der Waals surface area contributed by atoms with Crippen LogP contribution in [0.4, 0.5) is 25.5 Å². The number of hydrogen-bond acceptors (Lipinski definition) is 10. The second kappa shape index (κ2) is 10.1. The van der Waals surface area contributed by atoms with Gasteiger partial charge in [0.1, 0.15) is 29.5 Å². The third-order valence-electron chi connectivity index (χ3n) is 5.65. The Hall–Kier alpha value is -4.88. The van der Waals surface area contributed by atoms with E-state index < -0.39 is 29.7 Å². The van der Waals surface area contributed by atoms with Crippen LogP contribution < -0.4 is 9.80 Å². The van der Waals surface area contributed by atoms with Crippen molar-refractivity contribution in [1.29, 1.82) is 0 Å². The number of amides is 2. The number of cyclic esters (lactones) is 1. The summed E-state index contributed by atoms with van der Waals surface area (Å²) in [5.41, 5.74) is 0.896. The number of rotatable bonds is 6. The fraction of sp³-hybridized carbons (Fsp3) is 0.320. The van der Waals surface area contributed by atoms with Gasteiger partial charge in [0.15, 0.2) is 5.82 Å². The van der Waals surface area contributed by atoms with Gasteiger partial charge in [-0.1, -0.05) is 11.2 Å². The molecule has 4 heterocycles. The van der Waals surface area contributed by atoms with E-state index in [1.165, 1.54) is 39.2 Å². The van der Waals surface area contributed by atoms with Crippen LogP contribution in [-0.4, -0.2) is 67.3 Å². The molecule has 0 unspecified atom stereocenters. The minimum atomic E-state index is -0.751. The minimum absolute atomic E-state index is 0.0388. The lowest BCUT2D eigenvalue weighted by molar-refractivity contribution is 0.0556. The van der Waals surface area contributed by atoms with Crippen molar-refractivity contribution in [2.45, 2.75) is 32.5 Å². The van der Waals surface area contributed by atoms with Crippen molar-refractivity contribution in [3.63, 3.8) is 0 Å². The van der Waals surface area contributed by atoms with Gasteiger partial charge >= 0.3 is 12.2 Å². The van der Waals surface area contributed by atoms with Crippen LogP contribution in [0, 0.1) is 5.82 Å². The summed E-state index contributed by atoms with van der Waals surface area (Å²) in [6.45, 7) is 5.25. The number of aromatic nitrogens is 6. The lowest BCUT2D eigenvalue weighted by atomic mass is 10.1. The zero-order valence-corrected chi connectivity index (χ0v) is 21.6. The van der Waals surface area contributed by atoms with Gasteiger partial charge in [0.2, 0.25) is 5.82 Å². The predicted octanol–water partition coefficient (Wildman–Crippen LogP) is 3.83. The van der Waals surface area contributed by atoms with Crippen LogP contribution in [0.2, 0.25) is 0 Å². The van der Waals surface area contributed by atoms with Crippen LogP contribution in [0.25, 0.3) is 22.6 Å². The topological polar surface area (TPSA) is 142 Å². The van der Waals surface area contributed by atoms with E-state index in [9.17, 15) is 9.59 Å². The first-order chi connectivity index (χ1) is 18.6. The number of aryl methyl sites for hydroxylation is 1. The molecule has 0 saturated carbocycles. The standard InChI is InChI=1S/C25H25FN8O5/c1-25(2,3)39-24(36)34(21-9-10-37-30-21)14-17-13-33(23(35)38-17)16-6-7-18(19(26)11-16)15-5-8-20(27-12-15)22-28-31-32(4)29-22/h5-12,17H,13-14H2,1-4H3/t17-/m1/s1. The van der Waals surface area contributed by atoms with Crippen LogP contribution in [0.1, 0.15) is 20.8 Å². The number of carbonyl (C=O) groups excluding carboxylic acids is 2. The molecule has 0 N–H and O–H groups in total. The van der Waals surface area contributed by atoms with E-state index in [-0.39, 0.29) is 18.9 Å². The highest BCUT2D eigenvalue weighted by Crippen LogP contribution is 2.30. The van der Waals surface area contributed by atoms with E-state index in [0.29, 0.717) is 28.3 Å². The van der Waals surface area contributed by atoms with Gasteiger partial charge in [0.05, 0.1) is 25.8 Å². The van der Waals surface area contributed by atoms with Gasteiger partial charge in [-0.3, -0.25) is 14.8 Å². The number of benzene rings is 1. The van der Waals surface area contributed by atoms with Crippen molar-refractivity contribution in [2.75, 3.05) is 22.9 Å². The predicted molar refractivity (Wildman–Crippen MR) is 135 cm³/mol. The normalized spacial score (nSPS) is 15.4. The van der Waals surface area contributed by atoms with Crippen molar-refractivity contribution >= 4 is 23.7 Å². The van der Waals surface area contributed by atoms with Gasteiger partial charge in [0, 0.05) is 23.4 Å². The molecular weight excluding hydrogens is 511 g/mol. The average Bonchev–Trinajstić information content (AvgIpc) is 3.63. The van der Waals surface area contributed by atoms with Crippen molar-refractivity contribution in [3.8, 4) is 22.6 Å². The second-order valence-corrected chi connectivity index (χ2v) is 9.76. The Balaban J connectivity index is 1.30. The maximum absolute atomic E-state index is 15.2. The fourth-order valence-electron chi connectivity index (χ4n) is 3.93. The molecule has 4 aromatic rings. The van der Waals surface area contributed by atoms with Crippen LogP contribution in [0.5, 0.6) is 0 Å². The van der Waals surface area contributed by atoms with Gasteiger partial charge < -0.3 is 14.0 Å². The van der Waals surface area contributed by atoms with E-state index in [1.807, 2.05) is 0 Å². The number of nitrogens with zero attached hydrogens (tertiary/aromatic N) is 8. The molecule has 13 nitrogen and oxygen atoms in total. The summed E-state index contributed by atoms with van der Waals surface area (Å²) in [4.78, 5) is 33.6. The summed E-state index contributed by atoms with van der Waals surface area (Å²) < 4.78 is 31.0. The molecule has 0 radical (unpaired) electrons. The molecule has 14 heteroatoms. The van der Waals surface area contributed by atoms with Crippen LogP contribution >= 0.6 is 0 Å². The summed E-state index contributed by atoms with van der Waals surface area (Å²) in [7, 11) is 1.65. The van der Waals surface area contributed by atoms with Crippen molar-refractivity contribution < 1.29 is 28.0 Å². The number of ether oxygens (including phenoxy) is 2. The molecule has 39 heavy (non-hydrogen) atoms. The molecular formula is C25H25FN8O5. The molecule has 5 rings (SSSR count). The number of tetrazole rings is 1. The largest absolute Gasteiger partial charge is 0.443 e. The first-order valence-corrected chi connectivity index (χ1v) is 12.0. The molecule has 1 aromatic carbocycles. The second-order valence-electron chi connectivity index (χ2n) is 9.76. The van der Waals surface area contributed by atoms with Gasteiger partial charge in [-0.15, -0.1) is 10.2 Å². The molecule has 3 aromatic heterocycles. The maximum atomic E-state index is 15.2. The summed E-state index contributed by atoms with van der Waals surface area (Å²) in [5, 5.41) is 15.6. The Bertz CT molecular complexity index is 1480. The summed E-state index contributed by atoms with van der Waals surface area (Å²) in [5.74, 6) is 0.0218. The van der Waals surface area contributed by atoms with Crippen molar-refractivity contribution in [2.24, 2.45) is 7.05 Å². The smallest absolute Gasteiger partial charge is 0.416 e. The zero-order chi connectivity index (χ0) is 27.7. The van der Waals surface area contributed by atoms with E-state index in [2.05, 4.69) is 25.6 Å². The Morgan fingerprint density at radius 3 is 2.67 bits per heavy atom. The van der Waals surface area contributed by atoms with Gasteiger partial charge in [0.25, 0.3) is 0 Å². The first-order valence-electron chi connectivity index (χ1n) is 12.0. The highest BCUT2D eigenvalue weighted by Gasteiger charge is 2.37. The molecule has 2 amide bonds. The summed E-state index contributed by atoms with van der Waals surface area (Å²) in [6, 6.07) is 9.30. The van der Waals surface area contributed by atoms with Crippen LogP contribution in [0.3, 0.4) is 0 Å². The zero-order valence-electron chi connectivity index (χ0n) is 21.6. The number of anilines is 2. The van der Waals surface area contributed by atoms with Crippen LogP contribution in [0.15, 0.2) is 53.4 Å². The van der Waals surface area contributed by atoms with Gasteiger partial charge in [-0.25, -0.2) is 14.0 Å². The number of pyridine rings is 1. The van der Waals surface area contributed by atoms with E-state index in [4.69, 9.17) is 14.0 Å². The quantitative estimate of drug-likeness (QED) is 0.357. The molecule has 202 valence electrons. The molecule has 1 fully saturated rings. The number of halogens is 1. The van der Waals surface area contributed by atoms with Gasteiger partial charge in [-0.05, 0) is 50.3 Å². The highest BCUT2D eigenvalue weighted by molar-refractivity contribution is 5.91. The van der Waals surface area contributed by atoms with E-state index >= 15 is 4.39 Å². The first kappa shape index (κ1) is 25.8. The third kappa shape index (κ3) is 5.68. The molecule has 0 spiro atoms. The summed E-state index contributed by atoms with van der Waals surface area (Å²) in [6.07, 6.45) is 0.768. The SMILES string of the molecule is Cn1nnc(-c2ccc(-c3ccc(N4C[C@H](CN(C(=O)OC(C)(C)C)c5ccon5)OC4=O)cc3F)cn2)n1. The molecule has 1 aliphatic rings. The Labute approximate surface area is 222 Å². The van der Waals surface area contributed by atoms with E-state index in [0.717, 1.165) is 0 Å².